The van der Waals surface area contributed by atoms with Crippen LogP contribution in [0.15, 0.2) is 48.5 Å². The third-order valence-corrected chi connectivity index (χ3v) is 6.64. The van der Waals surface area contributed by atoms with E-state index >= 15 is 0 Å². The van der Waals surface area contributed by atoms with E-state index in [9.17, 15) is 19.5 Å². The molecule has 4 rings (SSSR count). The van der Waals surface area contributed by atoms with Gasteiger partial charge in [0.25, 0.3) is 0 Å². The molecule has 2 aromatic rings. The third kappa shape index (κ3) is 5.88. The van der Waals surface area contributed by atoms with Gasteiger partial charge in [-0.25, -0.2) is 9.59 Å². The fourth-order valence-corrected chi connectivity index (χ4v) is 5.11. The molecule has 4 atom stereocenters. The lowest BCUT2D eigenvalue weighted by atomic mass is 9.98. The predicted octanol–water partition coefficient (Wildman–Crippen LogP) is 3.73. The minimum atomic E-state index is -1.25. The van der Waals surface area contributed by atoms with E-state index in [1.807, 2.05) is 36.4 Å². The number of hydrogen-bond donors (Lipinski definition) is 3. The quantitative estimate of drug-likeness (QED) is 0.400. The summed E-state index contributed by atoms with van der Waals surface area (Å²) in [5, 5.41) is 16.2. The highest BCUT2D eigenvalue weighted by Crippen LogP contribution is 2.44. The third-order valence-electron chi connectivity index (χ3n) is 6.64. The summed E-state index contributed by atoms with van der Waals surface area (Å²) >= 11 is 0. The van der Waals surface area contributed by atoms with Gasteiger partial charge in [0.05, 0.1) is 30.7 Å². The van der Waals surface area contributed by atoms with E-state index < -0.39 is 47.9 Å². The molecule has 9 heteroatoms. The van der Waals surface area contributed by atoms with Crippen LogP contribution in [0.25, 0.3) is 11.1 Å². The molecule has 2 amide bonds. The largest absolute Gasteiger partial charge is 0.466 e. The summed E-state index contributed by atoms with van der Waals surface area (Å²) < 4.78 is 16.0. The second kappa shape index (κ2) is 10.8. The van der Waals surface area contributed by atoms with Crippen LogP contribution in [0.2, 0.25) is 0 Å². The van der Waals surface area contributed by atoms with Crippen molar-refractivity contribution in [1.82, 2.24) is 10.6 Å². The Morgan fingerprint density at radius 2 is 1.51 bits per heavy atom. The molecular weight excluding hydrogens is 476 g/mol. The Morgan fingerprint density at radius 1 is 0.919 bits per heavy atom. The fraction of sp³-hybridized carbons (Fsp3) is 0.464. The molecule has 0 radical (unpaired) electrons. The lowest BCUT2D eigenvalue weighted by Gasteiger charge is -2.26. The standard InChI is InChI=1S/C28H34N2O7/c1-5-35-25(32)20-14-22(24(31)23(20)30-27(34)37-28(2,3)4)29-26(33)36-15-21-18-12-8-6-10-16(18)17-11-7-9-13-19(17)21/h6-13,20-24,31H,5,14-15H2,1-4H3,(H,29,33)(H,30,34)/t20-,22-,23-,24+/m1/s1. The number of hydrogen-bond acceptors (Lipinski definition) is 7. The van der Waals surface area contributed by atoms with E-state index in [2.05, 4.69) is 22.8 Å². The maximum atomic E-state index is 12.8. The van der Waals surface area contributed by atoms with Gasteiger partial charge < -0.3 is 30.0 Å². The monoisotopic (exact) mass is 510 g/mol. The summed E-state index contributed by atoms with van der Waals surface area (Å²) in [4.78, 5) is 37.7. The molecule has 198 valence electrons. The average molecular weight is 511 g/mol. The van der Waals surface area contributed by atoms with Crippen molar-refractivity contribution < 1.29 is 33.7 Å². The Hall–Kier alpha value is -3.59. The SMILES string of the molecule is CCOC(=O)[C@@H]1C[C@@H](NC(=O)OCC2c3ccccc3-c3ccccc32)[C@H](O)[C@@H]1NC(=O)OC(C)(C)C. The molecule has 2 aromatic carbocycles. The van der Waals surface area contributed by atoms with Gasteiger partial charge in [0.1, 0.15) is 12.2 Å². The molecule has 0 saturated heterocycles. The van der Waals surface area contributed by atoms with Crippen LogP contribution in [0, 0.1) is 5.92 Å². The van der Waals surface area contributed by atoms with E-state index in [-0.39, 0.29) is 25.6 Å². The van der Waals surface area contributed by atoms with Gasteiger partial charge in [-0.3, -0.25) is 4.79 Å². The van der Waals surface area contributed by atoms with Crippen LogP contribution in [-0.2, 0) is 19.0 Å². The zero-order valence-corrected chi connectivity index (χ0v) is 21.5. The maximum absolute atomic E-state index is 12.8. The van der Waals surface area contributed by atoms with Crippen LogP contribution in [-0.4, -0.2) is 60.3 Å². The van der Waals surface area contributed by atoms with Crippen molar-refractivity contribution in [2.75, 3.05) is 13.2 Å². The number of carbonyl (C=O) groups excluding carboxylic acids is 3. The van der Waals surface area contributed by atoms with Gasteiger partial charge in [-0.1, -0.05) is 48.5 Å². The first-order valence-corrected chi connectivity index (χ1v) is 12.5. The summed E-state index contributed by atoms with van der Waals surface area (Å²) in [5.41, 5.74) is 3.65. The van der Waals surface area contributed by atoms with E-state index in [4.69, 9.17) is 14.2 Å². The zero-order valence-electron chi connectivity index (χ0n) is 21.5. The molecule has 2 aliphatic rings. The number of rotatable bonds is 6. The van der Waals surface area contributed by atoms with Crippen molar-refractivity contribution in [1.29, 1.82) is 0 Å². The number of benzene rings is 2. The molecule has 1 saturated carbocycles. The molecular formula is C28H34N2O7. The van der Waals surface area contributed by atoms with Crippen molar-refractivity contribution >= 4 is 18.2 Å². The maximum Gasteiger partial charge on any atom is 0.407 e. The highest BCUT2D eigenvalue weighted by molar-refractivity contribution is 5.79. The number of alkyl carbamates (subject to hydrolysis) is 2. The zero-order chi connectivity index (χ0) is 26.7. The highest BCUT2D eigenvalue weighted by atomic mass is 16.6. The van der Waals surface area contributed by atoms with Crippen LogP contribution in [0.4, 0.5) is 9.59 Å². The second-order valence-electron chi connectivity index (χ2n) is 10.3. The number of esters is 1. The summed E-state index contributed by atoms with van der Waals surface area (Å²) in [6.07, 6.45) is -2.66. The summed E-state index contributed by atoms with van der Waals surface area (Å²) in [6, 6.07) is 14.2. The number of amides is 2. The molecule has 0 aliphatic heterocycles. The Kier molecular flexibility index (Phi) is 7.73. The fourth-order valence-electron chi connectivity index (χ4n) is 5.11. The summed E-state index contributed by atoms with van der Waals surface area (Å²) in [7, 11) is 0. The summed E-state index contributed by atoms with van der Waals surface area (Å²) in [5.74, 6) is -1.54. The molecule has 0 unspecified atom stereocenters. The average Bonchev–Trinajstić information content (AvgIpc) is 3.32. The van der Waals surface area contributed by atoms with Gasteiger partial charge in [-0.05, 0) is 56.4 Å². The van der Waals surface area contributed by atoms with Gasteiger partial charge in [-0.15, -0.1) is 0 Å². The smallest absolute Gasteiger partial charge is 0.407 e. The predicted molar refractivity (Wildman–Crippen MR) is 136 cm³/mol. The molecule has 3 N–H and O–H groups in total. The lowest BCUT2D eigenvalue weighted by Crippen LogP contribution is -2.51. The first-order chi connectivity index (χ1) is 17.6. The van der Waals surface area contributed by atoms with Crippen molar-refractivity contribution in [3.05, 3.63) is 59.7 Å². The number of fused-ring (bicyclic) bond motifs is 3. The van der Waals surface area contributed by atoms with Crippen LogP contribution >= 0.6 is 0 Å². The first kappa shape index (κ1) is 26.5. The molecule has 1 fully saturated rings. The van der Waals surface area contributed by atoms with E-state index in [1.165, 1.54) is 0 Å². The van der Waals surface area contributed by atoms with E-state index in [0.29, 0.717) is 0 Å². The molecule has 9 nitrogen and oxygen atoms in total. The number of nitrogens with one attached hydrogen (secondary N) is 2. The molecule has 2 aliphatic carbocycles. The Bertz CT molecular complexity index is 1110. The van der Waals surface area contributed by atoms with Crippen molar-refractivity contribution in [2.45, 2.75) is 63.8 Å². The Morgan fingerprint density at radius 3 is 2.08 bits per heavy atom. The van der Waals surface area contributed by atoms with Gasteiger partial charge in [0.2, 0.25) is 0 Å². The second-order valence-corrected chi connectivity index (χ2v) is 10.3. The molecule has 0 heterocycles. The van der Waals surface area contributed by atoms with Crippen LogP contribution in [0.5, 0.6) is 0 Å². The lowest BCUT2D eigenvalue weighted by molar-refractivity contribution is -0.148. The minimum absolute atomic E-state index is 0.0741. The molecule has 0 bridgehead atoms. The number of ether oxygens (including phenoxy) is 3. The van der Waals surface area contributed by atoms with Gasteiger partial charge in [0, 0.05) is 5.92 Å². The minimum Gasteiger partial charge on any atom is -0.466 e. The normalized spacial score (nSPS) is 22.5. The van der Waals surface area contributed by atoms with E-state index in [1.54, 1.807) is 27.7 Å². The Balaban J connectivity index is 1.41. The molecule has 0 spiro atoms. The van der Waals surface area contributed by atoms with Crippen molar-refractivity contribution in [3.63, 3.8) is 0 Å². The molecule has 0 aromatic heterocycles. The van der Waals surface area contributed by atoms with Crippen LogP contribution in [0.1, 0.15) is 51.2 Å². The van der Waals surface area contributed by atoms with E-state index in [0.717, 1.165) is 22.3 Å². The number of aliphatic hydroxyl groups excluding tert-OH is 1. The van der Waals surface area contributed by atoms with Gasteiger partial charge >= 0.3 is 18.2 Å². The molecule has 37 heavy (non-hydrogen) atoms. The van der Waals surface area contributed by atoms with Crippen molar-refractivity contribution in [2.24, 2.45) is 5.92 Å². The highest BCUT2D eigenvalue weighted by Gasteiger charge is 2.48. The number of carbonyl (C=O) groups is 3. The Labute approximate surface area is 216 Å². The van der Waals surface area contributed by atoms with Crippen LogP contribution in [0.3, 0.4) is 0 Å². The number of aliphatic hydroxyl groups is 1. The van der Waals surface area contributed by atoms with Crippen molar-refractivity contribution in [3.8, 4) is 11.1 Å². The topological polar surface area (TPSA) is 123 Å². The van der Waals surface area contributed by atoms with Gasteiger partial charge in [0.15, 0.2) is 0 Å². The van der Waals surface area contributed by atoms with Crippen LogP contribution < -0.4 is 10.6 Å². The van der Waals surface area contributed by atoms with Gasteiger partial charge in [-0.2, -0.15) is 0 Å². The first-order valence-electron chi connectivity index (χ1n) is 12.5. The summed E-state index contributed by atoms with van der Waals surface area (Å²) in [6.45, 7) is 7.07.